The maximum absolute atomic E-state index is 13.0. The van der Waals surface area contributed by atoms with E-state index in [-0.39, 0.29) is 18.1 Å². The summed E-state index contributed by atoms with van der Waals surface area (Å²) in [6, 6.07) is 12.0. The highest BCUT2D eigenvalue weighted by atomic mass is 19.4. The molecule has 0 bridgehead atoms. The van der Waals surface area contributed by atoms with E-state index in [0.717, 1.165) is 11.6 Å². The highest BCUT2D eigenvalue weighted by Gasteiger charge is 2.33. The molecule has 2 aromatic carbocycles. The molecule has 150 valence electrons. The van der Waals surface area contributed by atoms with Gasteiger partial charge in [0.25, 0.3) is 0 Å². The lowest BCUT2D eigenvalue weighted by atomic mass is 10.1. The zero-order chi connectivity index (χ0) is 20.7. The van der Waals surface area contributed by atoms with E-state index < -0.39 is 17.6 Å². The second-order valence-corrected chi connectivity index (χ2v) is 6.18. The van der Waals surface area contributed by atoms with Gasteiger partial charge in [-0.15, -0.1) is 0 Å². The van der Waals surface area contributed by atoms with Crippen LogP contribution in [-0.4, -0.2) is 29.8 Å². The van der Waals surface area contributed by atoms with E-state index in [0.29, 0.717) is 18.8 Å². The molecule has 0 radical (unpaired) electrons. The third kappa shape index (κ3) is 6.00. The predicted octanol–water partition coefficient (Wildman–Crippen LogP) is 4.12. The molecule has 2 N–H and O–H groups in total. The summed E-state index contributed by atoms with van der Waals surface area (Å²) in [7, 11) is 0. The van der Waals surface area contributed by atoms with Crippen LogP contribution >= 0.6 is 0 Å². The van der Waals surface area contributed by atoms with Crippen molar-refractivity contribution in [1.82, 2.24) is 4.90 Å². The predicted molar refractivity (Wildman–Crippen MR) is 102 cm³/mol. The van der Waals surface area contributed by atoms with Gasteiger partial charge >= 0.3 is 6.18 Å². The molecule has 0 aliphatic heterocycles. The number of carbonyl (C=O) groups is 2. The summed E-state index contributed by atoms with van der Waals surface area (Å²) in [4.78, 5) is 25.3. The summed E-state index contributed by atoms with van der Waals surface area (Å²) < 4.78 is 39.0. The molecule has 0 aromatic heterocycles. The zero-order valence-electron chi connectivity index (χ0n) is 15.6. The maximum atomic E-state index is 13.0. The number of amides is 2. The normalized spacial score (nSPS) is 11.0. The van der Waals surface area contributed by atoms with Crippen molar-refractivity contribution in [2.75, 3.05) is 23.7 Å². The molecule has 2 aromatic rings. The molecule has 0 aliphatic carbocycles. The van der Waals surface area contributed by atoms with Crippen LogP contribution in [0.15, 0.2) is 48.5 Å². The first kappa shape index (κ1) is 21.3. The average molecular weight is 393 g/mol. The van der Waals surface area contributed by atoms with E-state index >= 15 is 0 Å². The summed E-state index contributed by atoms with van der Waals surface area (Å²) in [5.74, 6) is -0.635. The molecule has 0 fully saturated rings. The van der Waals surface area contributed by atoms with Crippen molar-refractivity contribution in [1.29, 1.82) is 0 Å². The number of para-hydroxylation sites is 1. The Morgan fingerprint density at radius 3 is 2.43 bits per heavy atom. The number of benzene rings is 2. The fourth-order valence-electron chi connectivity index (χ4n) is 2.66. The topological polar surface area (TPSA) is 61.4 Å². The minimum atomic E-state index is -4.55. The SMILES string of the molecule is CCN(Cc1cccc(NCC(=O)Nc2ccccc2C(F)(F)F)c1)C(C)=O. The molecule has 2 amide bonds. The standard InChI is InChI=1S/C20H22F3N3O2/c1-3-26(14(2)27)13-15-7-6-8-16(11-15)24-12-19(28)25-18-10-5-4-9-17(18)20(21,22)23/h4-11,24H,3,12-13H2,1-2H3,(H,25,28). The van der Waals surface area contributed by atoms with E-state index in [9.17, 15) is 22.8 Å². The fourth-order valence-corrected chi connectivity index (χ4v) is 2.66. The Bertz CT molecular complexity index is 837. The Hall–Kier alpha value is -3.03. The third-order valence-corrected chi connectivity index (χ3v) is 4.09. The van der Waals surface area contributed by atoms with E-state index in [2.05, 4.69) is 10.6 Å². The molecule has 28 heavy (non-hydrogen) atoms. The van der Waals surface area contributed by atoms with Gasteiger partial charge in [0, 0.05) is 25.7 Å². The molecule has 5 nitrogen and oxygen atoms in total. The van der Waals surface area contributed by atoms with Gasteiger partial charge in [0.15, 0.2) is 0 Å². The smallest absolute Gasteiger partial charge is 0.376 e. The number of anilines is 2. The second kappa shape index (κ2) is 9.25. The third-order valence-electron chi connectivity index (χ3n) is 4.09. The Morgan fingerprint density at radius 2 is 1.79 bits per heavy atom. The van der Waals surface area contributed by atoms with Gasteiger partial charge in [-0.2, -0.15) is 13.2 Å². The molecule has 0 aliphatic rings. The molecule has 2 rings (SSSR count). The lowest BCUT2D eigenvalue weighted by molar-refractivity contribution is -0.137. The van der Waals surface area contributed by atoms with Crippen LogP contribution in [0.25, 0.3) is 0 Å². The van der Waals surface area contributed by atoms with Crippen molar-refractivity contribution in [3.63, 3.8) is 0 Å². The lowest BCUT2D eigenvalue weighted by Crippen LogP contribution is -2.27. The molecule has 0 atom stereocenters. The minimum absolute atomic E-state index is 0.0384. The maximum Gasteiger partial charge on any atom is 0.418 e. The van der Waals surface area contributed by atoms with Crippen LogP contribution < -0.4 is 10.6 Å². The number of carbonyl (C=O) groups excluding carboxylic acids is 2. The van der Waals surface area contributed by atoms with Crippen LogP contribution in [-0.2, 0) is 22.3 Å². The molecule has 0 saturated heterocycles. The van der Waals surface area contributed by atoms with E-state index in [1.165, 1.54) is 25.1 Å². The second-order valence-electron chi connectivity index (χ2n) is 6.18. The average Bonchev–Trinajstić information content (AvgIpc) is 2.64. The monoisotopic (exact) mass is 393 g/mol. The molecule has 0 unspecified atom stereocenters. The number of hydrogen-bond acceptors (Lipinski definition) is 3. The van der Waals surface area contributed by atoms with E-state index in [4.69, 9.17) is 0 Å². The number of hydrogen-bond donors (Lipinski definition) is 2. The van der Waals surface area contributed by atoms with Gasteiger partial charge in [-0.1, -0.05) is 24.3 Å². The van der Waals surface area contributed by atoms with Crippen LogP contribution in [0.4, 0.5) is 24.5 Å². The van der Waals surface area contributed by atoms with Gasteiger partial charge in [-0.3, -0.25) is 9.59 Å². The zero-order valence-corrected chi connectivity index (χ0v) is 15.6. The Morgan fingerprint density at radius 1 is 1.07 bits per heavy atom. The van der Waals surface area contributed by atoms with Crippen molar-refractivity contribution in [2.45, 2.75) is 26.6 Å². The summed E-state index contributed by atoms with van der Waals surface area (Å²) in [5, 5.41) is 5.17. The number of nitrogens with one attached hydrogen (secondary N) is 2. The van der Waals surface area contributed by atoms with Gasteiger partial charge in [-0.25, -0.2) is 0 Å². The van der Waals surface area contributed by atoms with E-state index in [1.54, 1.807) is 23.1 Å². The van der Waals surface area contributed by atoms with Crippen LogP contribution in [0.1, 0.15) is 25.0 Å². The molecule has 8 heteroatoms. The van der Waals surface area contributed by atoms with Crippen molar-refractivity contribution >= 4 is 23.2 Å². The number of rotatable bonds is 7. The van der Waals surface area contributed by atoms with Crippen molar-refractivity contribution in [3.8, 4) is 0 Å². The Balaban J connectivity index is 1.99. The van der Waals surface area contributed by atoms with Crippen molar-refractivity contribution in [3.05, 3.63) is 59.7 Å². The van der Waals surface area contributed by atoms with Gasteiger partial charge in [0.2, 0.25) is 11.8 Å². The summed E-state index contributed by atoms with van der Waals surface area (Å²) in [6.45, 7) is 4.20. The van der Waals surface area contributed by atoms with Crippen LogP contribution in [0.5, 0.6) is 0 Å². The van der Waals surface area contributed by atoms with Gasteiger partial charge in [0.1, 0.15) is 0 Å². The molecule has 0 spiro atoms. The minimum Gasteiger partial charge on any atom is -0.376 e. The quantitative estimate of drug-likeness (QED) is 0.744. The largest absolute Gasteiger partial charge is 0.418 e. The first-order chi connectivity index (χ1) is 13.2. The molecule has 0 heterocycles. The van der Waals surface area contributed by atoms with E-state index in [1.807, 2.05) is 13.0 Å². The summed E-state index contributed by atoms with van der Waals surface area (Å²) >= 11 is 0. The number of nitrogens with zero attached hydrogens (tertiary/aromatic N) is 1. The Labute approximate surface area is 161 Å². The fraction of sp³-hybridized carbons (Fsp3) is 0.300. The first-order valence-corrected chi connectivity index (χ1v) is 8.75. The lowest BCUT2D eigenvalue weighted by Gasteiger charge is -2.19. The number of alkyl halides is 3. The highest BCUT2D eigenvalue weighted by molar-refractivity contribution is 5.94. The molecular weight excluding hydrogens is 371 g/mol. The van der Waals surface area contributed by atoms with Gasteiger partial charge in [-0.05, 0) is 36.8 Å². The molecular formula is C20H22F3N3O2. The van der Waals surface area contributed by atoms with Crippen molar-refractivity contribution < 1.29 is 22.8 Å². The molecule has 0 saturated carbocycles. The summed E-state index contributed by atoms with van der Waals surface area (Å²) in [5.41, 5.74) is 0.339. The highest BCUT2D eigenvalue weighted by Crippen LogP contribution is 2.34. The van der Waals surface area contributed by atoms with Crippen LogP contribution in [0.3, 0.4) is 0 Å². The van der Waals surface area contributed by atoms with Crippen LogP contribution in [0, 0.1) is 0 Å². The van der Waals surface area contributed by atoms with Gasteiger partial charge < -0.3 is 15.5 Å². The van der Waals surface area contributed by atoms with Crippen molar-refractivity contribution in [2.24, 2.45) is 0 Å². The Kier molecular flexibility index (Phi) is 7.03. The first-order valence-electron chi connectivity index (χ1n) is 8.75. The van der Waals surface area contributed by atoms with Crippen LogP contribution in [0.2, 0.25) is 0 Å². The van der Waals surface area contributed by atoms with Gasteiger partial charge in [0.05, 0.1) is 17.8 Å². The number of halogens is 3. The summed E-state index contributed by atoms with van der Waals surface area (Å²) in [6.07, 6.45) is -4.55.